The smallest absolute Gasteiger partial charge is 0.219 e. The summed E-state index contributed by atoms with van der Waals surface area (Å²) in [6.07, 6.45) is 1.57. The Hall–Kier alpha value is -0.580. The van der Waals surface area contributed by atoms with E-state index in [1.54, 1.807) is 13.4 Å². The molecule has 5 heteroatoms. The van der Waals surface area contributed by atoms with Crippen LogP contribution in [-0.4, -0.2) is 21.9 Å². The molecule has 0 aliphatic carbocycles. The normalized spacial score (nSPS) is 9.25. The van der Waals surface area contributed by atoms with E-state index in [2.05, 4.69) is 31.4 Å². The first-order valence-electron chi connectivity index (χ1n) is 2.08. The predicted octanol–water partition coefficient (Wildman–Crippen LogP) is 0.214. The van der Waals surface area contributed by atoms with Gasteiger partial charge in [-0.2, -0.15) is 4.79 Å². The molecule has 1 heterocycles. The standard InChI is InChI=1S/C3H5BrN4/c1-5-8-2-6-3(4)7-8/h2,5H,1H3. The highest BCUT2D eigenvalue weighted by molar-refractivity contribution is 9.10. The number of rotatable bonds is 1. The van der Waals surface area contributed by atoms with Gasteiger partial charge in [0.2, 0.25) is 4.73 Å². The Morgan fingerprint density at radius 3 is 2.88 bits per heavy atom. The van der Waals surface area contributed by atoms with Gasteiger partial charge in [0.05, 0.1) is 0 Å². The molecule has 44 valence electrons. The molecule has 0 saturated heterocycles. The molecular formula is C3H5BrN4. The van der Waals surface area contributed by atoms with Crippen molar-refractivity contribution in [2.75, 3.05) is 12.5 Å². The van der Waals surface area contributed by atoms with E-state index in [-0.39, 0.29) is 0 Å². The summed E-state index contributed by atoms with van der Waals surface area (Å²) < 4.78 is 0.590. The highest BCUT2D eigenvalue weighted by Crippen LogP contribution is 1.95. The number of aromatic nitrogens is 3. The number of halogens is 1. The van der Waals surface area contributed by atoms with Gasteiger partial charge in [0, 0.05) is 7.05 Å². The van der Waals surface area contributed by atoms with Crippen molar-refractivity contribution in [1.29, 1.82) is 0 Å². The van der Waals surface area contributed by atoms with Crippen molar-refractivity contribution in [3.8, 4) is 0 Å². The van der Waals surface area contributed by atoms with E-state index >= 15 is 0 Å². The third-order valence-electron chi connectivity index (χ3n) is 0.693. The molecule has 0 amide bonds. The Bertz CT molecular complexity index is 172. The molecule has 1 aromatic heterocycles. The van der Waals surface area contributed by atoms with Gasteiger partial charge in [0.1, 0.15) is 6.33 Å². The van der Waals surface area contributed by atoms with Crippen molar-refractivity contribution < 1.29 is 0 Å². The molecule has 1 rings (SSSR count). The fraction of sp³-hybridized carbons (Fsp3) is 0.333. The van der Waals surface area contributed by atoms with Gasteiger partial charge < -0.3 is 5.43 Å². The molecule has 0 aliphatic rings. The van der Waals surface area contributed by atoms with Crippen molar-refractivity contribution in [3.63, 3.8) is 0 Å². The van der Waals surface area contributed by atoms with Crippen LogP contribution in [0.3, 0.4) is 0 Å². The van der Waals surface area contributed by atoms with Crippen molar-refractivity contribution in [2.24, 2.45) is 0 Å². The van der Waals surface area contributed by atoms with Crippen LogP contribution in [0.4, 0.5) is 0 Å². The summed E-state index contributed by atoms with van der Waals surface area (Å²) in [4.78, 5) is 5.30. The second-order valence-electron chi connectivity index (χ2n) is 1.18. The fourth-order valence-electron chi connectivity index (χ4n) is 0.351. The lowest BCUT2D eigenvalue weighted by Gasteiger charge is -1.91. The zero-order chi connectivity index (χ0) is 5.98. The molecule has 1 N–H and O–H groups in total. The van der Waals surface area contributed by atoms with Crippen LogP contribution in [0.15, 0.2) is 11.1 Å². The third kappa shape index (κ3) is 0.975. The molecule has 0 fully saturated rings. The summed E-state index contributed by atoms with van der Waals surface area (Å²) in [6.45, 7) is 0. The van der Waals surface area contributed by atoms with Crippen LogP contribution in [0, 0.1) is 0 Å². The summed E-state index contributed by atoms with van der Waals surface area (Å²) in [5, 5.41) is 3.84. The summed E-state index contributed by atoms with van der Waals surface area (Å²) in [5.41, 5.74) is 2.76. The average molecular weight is 177 g/mol. The van der Waals surface area contributed by atoms with Gasteiger partial charge in [-0.1, -0.05) is 0 Å². The SMILES string of the molecule is CNn1cnc(Br)n1. The zero-order valence-electron chi connectivity index (χ0n) is 4.30. The van der Waals surface area contributed by atoms with Gasteiger partial charge in [-0.05, 0) is 15.9 Å². The first-order valence-corrected chi connectivity index (χ1v) is 2.87. The number of nitrogens with one attached hydrogen (secondary N) is 1. The average Bonchev–Trinajstić information content (AvgIpc) is 2.14. The van der Waals surface area contributed by atoms with Gasteiger partial charge in [-0.15, -0.1) is 5.10 Å². The lowest BCUT2D eigenvalue weighted by molar-refractivity contribution is 0.774. The van der Waals surface area contributed by atoms with E-state index in [0.717, 1.165) is 0 Å². The third-order valence-corrected chi connectivity index (χ3v) is 1.06. The molecule has 0 atom stereocenters. The van der Waals surface area contributed by atoms with Crippen molar-refractivity contribution in [2.45, 2.75) is 0 Å². The van der Waals surface area contributed by atoms with E-state index in [1.165, 1.54) is 4.79 Å². The minimum Gasteiger partial charge on any atom is -0.312 e. The molecule has 8 heavy (non-hydrogen) atoms. The largest absolute Gasteiger partial charge is 0.312 e. The molecule has 1 aromatic rings. The monoisotopic (exact) mass is 176 g/mol. The van der Waals surface area contributed by atoms with Gasteiger partial charge in [-0.3, -0.25) is 0 Å². The van der Waals surface area contributed by atoms with E-state index < -0.39 is 0 Å². The lowest BCUT2D eigenvalue weighted by Crippen LogP contribution is -2.08. The van der Waals surface area contributed by atoms with Crippen LogP contribution in [0.5, 0.6) is 0 Å². The fourth-order valence-corrected chi connectivity index (χ4v) is 0.613. The van der Waals surface area contributed by atoms with E-state index in [4.69, 9.17) is 0 Å². The number of hydrogen-bond acceptors (Lipinski definition) is 3. The molecule has 4 nitrogen and oxygen atoms in total. The predicted molar refractivity (Wildman–Crippen MR) is 33.0 cm³/mol. The van der Waals surface area contributed by atoms with Crippen molar-refractivity contribution in [1.82, 2.24) is 14.9 Å². The van der Waals surface area contributed by atoms with Crippen molar-refractivity contribution >= 4 is 15.9 Å². The maximum absolute atomic E-state index is 3.84. The highest BCUT2D eigenvalue weighted by atomic mass is 79.9. The second kappa shape index (κ2) is 2.13. The van der Waals surface area contributed by atoms with Gasteiger partial charge >= 0.3 is 0 Å². The van der Waals surface area contributed by atoms with Gasteiger partial charge in [0.25, 0.3) is 0 Å². The molecule has 0 unspecified atom stereocenters. The Balaban J connectivity index is 2.84. The quantitative estimate of drug-likeness (QED) is 0.666. The molecule has 0 aromatic carbocycles. The molecular weight excluding hydrogens is 172 g/mol. The summed E-state index contributed by atoms with van der Waals surface area (Å²) >= 11 is 3.09. The Labute approximate surface area is 55.0 Å². The molecule has 0 aliphatic heterocycles. The minimum atomic E-state index is 0.590. The lowest BCUT2D eigenvalue weighted by atomic mass is 11.3. The van der Waals surface area contributed by atoms with Gasteiger partial charge in [0.15, 0.2) is 0 Å². The van der Waals surface area contributed by atoms with Crippen molar-refractivity contribution in [3.05, 3.63) is 11.1 Å². The topological polar surface area (TPSA) is 42.7 Å². The van der Waals surface area contributed by atoms with Crippen LogP contribution in [-0.2, 0) is 0 Å². The highest BCUT2D eigenvalue weighted by Gasteiger charge is 1.89. The summed E-state index contributed by atoms with van der Waals surface area (Å²) in [6, 6.07) is 0. The van der Waals surface area contributed by atoms with Crippen LogP contribution < -0.4 is 5.43 Å². The molecule has 0 saturated carbocycles. The molecule has 0 radical (unpaired) electrons. The number of hydrogen-bond donors (Lipinski definition) is 1. The Morgan fingerprint density at radius 1 is 1.88 bits per heavy atom. The minimum absolute atomic E-state index is 0.590. The van der Waals surface area contributed by atoms with Crippen LogP contribution in [0.25, 0.3) is 0 Å². The Morgan fingerprint density at radius 2 is 2.62 bits per heavy atom. The summed E-state index contributed by atoms with van der Waals surface area (Å²) in [7, 11) is 1.76. The first kappa shape index (κ1) is 5.55. The maximum atomic E-state index is 3.84. The van der Waals surface area contributed by atoms with E-state index in [1.807, 2.05) is 0 Å². The van der Waals surface area contributed by atoms with E-state index in [9.17, 15) is 0 Å². The van der Waals surface area contributed by atoms with Crippen LogP contribution in [0.1, 0.15) is 0 Å². The Kier molecular flexibility index (Phi) is 1.48. The molecule has 0 spiro atoms. The number of nitrogens with zero attached hydrogens (tertiary/aromatic N) is 3. The zero-order valence-corrected chi connectivity index (χ0v) is 5.88. The maximum Gasteiger partial charge on any atom is 0.219 e. The first-order chi connectivity index (χ1) is 3.83. The second-order valence-corrected chi connectivity index (χ2v) is 1.89. The molecule has 0 bridgehead atoms. The summed E-state index contributed by atoms with van der Waals surface area (Å²) in [5.74, 6) is 0. The van der Waals surface area contributed by atoms with E-state index in [0.29, 0.717) is 4.73 Å². The van der Waals surface area contributed by atoms with Gasteiger partial charge in [-0.25, -0.2) is 4.98 Å². The van der Waals surface area contributed by atoms with Crippen LogP contribution >= 0.6 is 15.9 Å². The van der Waals surface area contributed by atoms with Crippen LogP contribution in [0.2, 0.25) is 0 Å².